The van der Waals surface area contributed by atoms with Gasteiger partial charge >= 0.3 is 11.9 Å². The van der Waals surface area contributed by atoms with Crippen LogP contribution in [0.3, 0.4) is 0 Å². The highest BCUT2D eigenvalue weighted by atomic mass is 16.4. The summed E-state index contributed by atoms with van der Waals surface area (Å²) < 4.78 is 0. The van der Waals surface area contributed by atoms with Crippen molar-refractivity contribution in [3.63, 3.8) is 0 Å². The number of aliphatic carboxylic acids is 2. The Balaban J connectivity index is 1.79. The number of unbranched alkanes of at least 4 members (excludes halogenated alkanes) is 2. The van der Waals surface area contributed by atoms with Gasteiger partial charge in [-0.25, -0.2) is 0 Å². The Hall–Kier alpha value is -4.60. The Morgan fingerprint density at radius 3 is 1.36 bits per heavy atom. The van der Waals surface area contributed by atoms with Crippen LogP contribution in [0.2, 0.25) is 0 Å². The molecule has 0 bridgehead atoms. The lowest BCUT2D eigenvalue weighted by Crippen LogP contribution is -2.15. The molecule has 10 heteroatoms. The fourth-order valence-electron chi connectivity index (χ4n) is 6.50. The van der Waals surface area contributed by atoms with Gasteiger partial charge in [-0.05, 0) is 112 Å². The normalized spacial score (nSPS) is 16.6. The molecule has 47 heavy (non-hydrogen) atoms. The summed E-state index contributed by atoms with van der Waals surface area (Å²) in [6, 6.07) is 0. The van der Waals surface area contributed by atoms with Crippen LogP contribution in [0.4, 0.5) is 0 Å². The minimum Gasteiger partial charge on any atom is -0.481 e. The number of hydrogen-bond acceptors (Lipinski definition) is 4. The smallest absolute Gasteiger partial charge is 0.303 e. The van der Waals surface area contributed by atoms with E-state index in [4.69, 9.17) is 0 Å². The highest BCUT2D eigenvalue weighted by Crippen LogP contribution is 2.33. The molecule has 6 N–H and O–H groups in total. The first-order valence-corrected chi connectivity index (χ1v) is 16.7. The van der Waals surface area contributed by atoms with Gasteiger partial charge in [-0.3, -0.25) is 19.2 Å². The summed E-state index contributed by atoms with van der Waals surface area (Å²) in [4.78, 5) is 55.5. The summed E-state index contributed by atoms with van der Waals surface area (Å²) in [6.45, 7) is 11.8. The molecule has 0 spiro atoms. The van der Waals surface area contributed by atoms with Crippen LogP contribution >= 0.6 is 0 Å². The number of H-pyrrole nitrogens is 2. The van der Waals surface area contributed by atoms with E-state index in [0.717, 1.165) is 106 Å². The van der Waals surface area contributed by atoms with Gasteiger partial charge in [-0.15, -0.1) is 0 Å². The topological polar surface area (TPSA) is 164 Å². The number of hydrogen-bond donors (Lipinski definition) is 6. The van der Waals surface area contributed by atoms with Gasteiger partial charge in [0.25, 0.3) is 11.8 Å². The number of aromatic nitrogens is 2. The number of rotatable bonds is 16. The van der Waals surface area contributed by atoms with E-state index in [1.165, 1.54) is 0 Å². The molecule has 0 atom stereocenters. The molecule has 4 rings (SSSR count). The number of aromatic amines is 2. The maximum absolute atomic E-state index is 12.6. The molecule has 0 unspecified atom stereocenters. The van der Waals surface area contributed by atoms with E-state index in [2.05, 4.69) is 34.4 Å². The number of carboxylic acid groups (broad SMARTS) is 2. The number of nitrogens with one attached hydrogen (secondary N) is 4. The van der Waals surface area contributed by atoms with Crippen molar-refractivity contribution in [2.45, 2.75) is 112 Å². The number of carbonyl (C=O) groups is 4. The Bertz CT molecular complexity index is 1590. The molecule has 2 aliphatic heterocycles. The van der Waals surface area contributed by atoms with Gasteiger partial charge in [0.05, 0.1) is 0 Å². The number of allylic oxidation sites excluding steroid dienone is 2. The second-order valence-corrected chi connectivity index (χ2v) is 12.6. The average Bonchev–Trinajstić information content (AvgIpc) is 3.66. The van der Waals surface area contributed by atoms with Gasteiger partial charge < -0.3 is 30.8 Å². The monoisotopic (exact) mass is 644 g/mol. The van der Waals surface area contributed by atoms with Gasteiger partial charge in [0.2, 0.25) is 0 Å². The molecule has 0 saturated heterocycles. The van der Waals surface area contributed by atoms with E-state index in [1.807, 2.05) is 39.8 Å². The molecular formula is C37H48N4O6. The Morgan fingerprint density at radius 1 is 0.638 bits per heavy atom. The predicted molar refractivity (Wildman–Crippen MR) is 182 cm³/mol. The lowest BCUT2D eigenvalue weighted by Gasteiger charge is -2.07. The molecule has 0 saturated carbocycles. The van der Waals surface area contributed by atoms with Crippen molar-refractivity contribution in [3.05, 3.63) is 78.7 Å². The van der Waals surface area contributed by atoms with E-state index in [-0.39, 0.29) is 24.7 Å². The van der Waals surface area contributed by atoms with E-state index in [0.29, 0.717) is 30.4 Å². The summed E-state index contributed by atoms with van der Waals surface area (Å²) in [5, 5.41) is 25.1. The number of carboxylic acids is 2. The largest absolute Gasteiger partial charge is 0.481 e. The van der Waals surface area contributed by atoms with Crippen molar-refractivity contribution < 1.29 is 29.4 Å². The molecule has 2 aliphatic rings. The third-order valence-corrected chi connectivity index (χ3v) is 9.42. The van der Waals surface area contributed by atoms with Crippen molar-refractivity contribution in [3.8, 4) is 0 Å². The number of amides is 2. The van der Waals surface area contributed by atoms with Gasteiger partial charge in [0.15, 0.2) is 0 Å². The lowest BCUT2D eigenvalue weighted by atomic mass is 9.98. The predicted octanol–water partition coefficient (Wildman–Crippen LogP) is 6.54. The van der Waals surface area contributed by atoms with Crippen LogP contribution in [0.25, 0.3) is 12.2 Å². The standard InChI is InChI=1S/C37H48N4O6/c1-7-9-11-24-22(5)36(46)40-32(24)17-28-20(3)26(13-15-34(42)43)30(38-28)19-31-27(14-16-35(44)45)21(4)29(39-31)18-33-25(12-10-8-2)23(6)37(47)41-33/h17-18,38-39H,7-16,19H2,1-6H3,(H,40,46)(H,41,47)(H,42,43)(H,44,45)/b32-17-,33-18+. The summed E-state index contributed by atoms with van der Waals surface area (Å²) in [5.74, 6) is -2.00. The molecule has 0 aromatic carbocycles. The van der Waals surface area contributed by atoms with E-state index >= 15 is 0 Å². The average molecular weight is 645 g/mol. The molecule has 4 heterocycles. The molecule has 0 radical (unpaired) electrons. The maximum atomic E-state index is 12.6. The molecule has 0 aliphatic carbocycles. The van der Waals surface area contributed by atoms with Crippen LogP contribution in [0.1, 0.15) is 124 Å². The second kappa shape index (κ2) is 15.3. The molecule has 2 aromatic heterocycles. The van der Waals surface area contributed by atoms with Crippen LogP contribution < -0.4 is 10.6 Å². The number of carbonyl (C=O) groups excluding carboxylic acids is 2. The van der Waals surface area contributed by atoms with E-state index in [9.17, 15) is 29.4 Å². The zero-order valence-electron chi connectivity index (χ0n) is 28.5. The molecule has 10 nitrogen and oxygen atoms in total. The van der Waals surface area contributed by atoms with Gasteiger partial charge in [-0.1, -0.05) is 26.7 Å². The van der Waals surface area contributed by atoms with Crippen LogP contribution in [0, 0.1) is 13.8 Å². The van der Waals surface area contributed by atoms with Crippen molar-refractivity contribution in [2.24, 2.45) is 0 Å². The highest BCUT2D eigenvalue weighted by molar-refractivity contribution is 6.01. The summed E-state index contributed by atoms with van der Waals surface area (Å²) in [7, 11) is 0. The molecule has 2 aromatic rings. The first-order valence-electron chi connectivity index (χ1n) is 16.7. The maximum Gasteiger partial charge on any atom is 0.303 e. The van der Waals surface area contributed by atoms with Gasteiger partial charge in [0, 0.05) is 64.6 Å². The van der Waals surface area contributed by atoms with Crippen molar-refractivity contribution in [1.29, 1.82) is 0 Å². The van der Waals surface area contributed by atoms with Crippen LogP contribution in [0.15, 0.2) is 33.7 Å². The fraction of sp³-hybridized carbons (Fsp3) is 0.459. The first-order chi connectivity index (χ1) is 22.4. The third-order valence-electron chi connectivity index (χ3n) is 9.42. The van der Waals surface area contributed by atoms with Crippen molar-refractivity contribution >= 4 is 35.9 Å². The fourth-order valence-corrected chi connectivity index (χ4v) is 6.50. The minimum absolute atomic E-state index is 0.0436. The molecule has 2 amide bonds. The summed E-state index contributed by atoms with van der Waals surface area (Å²) >= 11 is 0. The van der Waals surface area contributed by atoms with Crippen molar-refractivity contribution in [1.82, 2.24) is 20.6 Å². The molecule has 0 fully saturated rings. The zero-order chi connectivity index (χ0) is 34.4. The molecular weight excluding hydrogens is 596 g/mol. The summed E-state index contributed by atoms with van der Waals surface area (Å²) in [5.41, 5.74) is 11.8. The van der Waals surface area contributed by atoms with Gasteiger partial charge in [0.1, 0.15) is 0 Å². The Labute approximate surface area is 276 Å². The Kier molecular flexibility index (Phi) is 11.5. The van der Waals surface area contributed by atoms with Crippen molar-refractivity contribution in [2.75, 3.05) is 0 Å². The van der Waals surface area contributed by atoms with Crippen LogP contribution in [-0.4, -0.2) is 43.9 Å². The quantitative estimate of drug-likeness (QED) is 0.121. The van der Waals surface area contributed by atoms with Crippen LogP contribution in [-0.2, 0) is 38.4 Å². The Morgan fingerprint density at radius 2 is 1.02 bits per heavy atom. The van der Waals surface area contributed by atoms with E-state index in [1.54, 1.807) is 0 Å². The second-order valence-electron chi connectivity index (χ2n) is 12.6. The minimum atomic E-state index is -0.896. The first kappa shape index (κ1) is 35.3. The zero-order valence-corrected chi connectivity index (χ0v) is 28.5. The highest BCUT2D eigenvalue weighted by Gasteiger charge is 2.26. The SMILES string of the molecule is CCCCC1=C(C)C(=O)N/C1=C\c1[nH]c(Cc2[nH]c(/C=C3/NC(=O)C(C)=C3CCCC)c(C)c2CCC(=O)O)c(CCC(=O)O)c1C. The lowest BCUT2D eigenvalue weighted by molar-refractivity contribution is -0.138. The van der Waals surface area contributed by atoms with Crippen LogP contribution in [0.5, 0.6) is 0 Å². The van der Waals surface area contributed by atoms with E-state index < -0.39 is 11.9 Å². The summed E-state index contributed by atoms with van der Waals surface area (Å²) in [6.07, 6.45) is 10.3. The molecule has 252 valence electrons. The van der Waals surface area contributed by atoms with Gasteiger partial charge in [-0.2, -0.15) is 0 Å². The third kappa shape index (κ3) is 8.04.